The van der Waals surface area contributed by atoms with Gasteiger partial charge in [-0.3, -0.25) is 9.59 Å². The summed E-state index contributed by atoms with van der Waals surface area (Å²) in [7, 11) is 0. The number of thiophene rings is 1. The topological polar surface area (TPSA) is 82.8 Å². The molecule has 2 heterocycles. The fourth-order valence-corrected chi connectivity index (χ4v) is 2.89. The quantitative estimate of drug-likeness (QED) is 0.411. The smallest absolute Gasteiger partial charge is 0.344 e. The Bertz CT molecular complexity index is 984. The first kappa shape index (κ1) is 15.9. The molecule has 0 fully saturated rings. The van der Waals surface area contributed by atoms with Gasteiger partial charge in [0.1, 0.15) is 0 Å². The van der Waals surface area contributed by atoms with Gasteiger partial charge >= 0.3 is 17.6 Å². The summed E-state index contributed by atoms with van der Waals surface area (Å²) in [6, 6.07) is 6.57. The second-order valence-corrected chi connectivity index (χ2v) is 5.74. The minimum Gasteiger partial charge on any atom is -0.423 e. The van der Waals surface area contributed by atoms with Crippen molar-refractivity contribution in [1.82, 2.24) is 0 Å². The first-order valence-electron chi connectivity index (χ1n) is 6.96. The SMILES string of the molecule is CC(=O)Oc1ccc2cc(-c3ccsc3)c(=O)oc2c1OC(C)=O. The number of hydrogen-bond acceptors (Lipinski definition) is 7. The molecular formula is C17H12O6S. The van der Waals surface area contributed by atoms with Gasteiger partial charge < -0.3 is 13.9 Å². The zero-order chi connectivity index (χ0) is 17.3. The van der Waals surface area contributed by atoms with Gasteiger partial charge in [-0.1, -0.05) is 0 Å². The Hall–Kier alpha value is -2.93. The maximum Gasteiger partial charge on any atom is 0.344 e. The normalized spacial score (nSPS) is 10.6. The number of carbonyl (C=O) groups is 2. The van der Waals surface area contributed by atoms with Crippen LogP contribution in [0.1, 0.15) is 13.8 Å². The molecule has 0 radical (unpaired) electrons. The molecule has 3 rings (SSSR count). The van der Waals surface area contributed by atoms with Gasteiger partial charge in [-0.15, -0.1) is 0 Å². The first-order chi connectivity index (χ1) is 11.5. The molecule has 1 aromatic carbocycles. The van der Waals surface area contributed by atoms with Crippen LogP contribution in [0.5, 0.6) is 11.5 Å². The predicted molar refractivity (Wildman–Crippen MR) is 88.4 cm³/mol. The average Bonchev–Trinajstić information content (AvgIpc) is 3.02. The minimum atomic E-state index is -0.625. The highest BCUT2D eigenvalue weighted by Crippen LogP contribution is 2.36. The van der Waals surface area contributed by atoms with Gasteiger partial charge in [-0.2, -0.15) is 11.3 Å². The number of hydrogen-bond donors (Lipinski definition) is 0. The molecule has 0 unspecified atom stereocenters. The van der Waals surface area contributed by atoms with E-state index in [1.165, 1.54) is 31.3 Å². The van der Waals surface area contributed by atoms with E-state index in [-0.39, 0.29) is 17.1 Å². The number of rotatable bonds is 3. The third-order valence-electron chi connectivity index (χ3n) is 3.15. The molecule has 3 aromatic rings. The molecule has 0 N–H and O–H groups in total. The second kappa shape index (κ2) is 6.29. The average molecular weight is 344 g/mol. The zero-order valence-corrected chi connectivity index (χ0v) is 13.6. The first-order valence-corrected chi connectivity index (χ1v) is 7.90. The number of ether oxygens (including phenoxy) is 2. The van der Waals surface area contributed by atoms with Gasteiger partial charge in [0.2, 0.25) is 5.75 Å². The zero-order valence-electron chi connectivity index (χ0n) is 12.8. The molecule has 0 atom stereocenters. The van der Waals surface area contributed by atoms with E-state index >= 15 is 0 Å². The van der Waals surface area contributed by atoms with E-state index in [0.717, 1.165) is 5.56 Å². The third kappa shape index (κ3) is 3.07. The maximum absolute atomic E-state index is 12.3. The Labute approximate surface area is 140 Å². The van der Waals surface area contributed by atoms with Crippen molar-refractivity contribution < 1.29 is 23.5 Å². The summed E-state index contributed by atoms with van der Waals surface area (Å²) in [6.45, 7) is 2.42. The maximum atomic E-state index is 12.3. The van der Waals surface area contributed by atoms with Crippen LogP contribution in [0.2, 0.25) is 0 Å². The highest BCUT2D eigenvalue weighted by molar-refractivity contribution is 7.08. The lowest BCUT2D eigenvalue weighted by molar-refractivity contribution is -0.134. The van der Waals surface area contributed by atoms with Gasteiger partial charge in [0.15, 0.2) is 11.3 Å². The fraction of sp³-hybridized carbons (Fsp3) is 0.118. The molecule has 0 aliphatic carbocycles. The Balaban J connectivity index is 2.25. The van der Waals surface area contributed by atoms with Crippen LogP contribution in [0.15, 0.2) is 44.2 Å². The highest BCUT2D eigenvalue weighted by Gasteiger charge is 2.19. The summed E-state index contributed by atoms with van der Waals surface area (Å²) in [6.07, 6.45) is 0. The lowest BCUT2D eigenvalue weighted by Gasteiger charge is -2.11. The lowest BCUT2D eigenvalue weighted by Crippen LogP contribution is -2.09. The summed E-state index contributed by atoms with van der Waals surface area (Å²) < 4.78 is 15.5. The fourth-order valence-electron chi connectivity index (χ4n) is 2.24. The van der Waals surface area contributed by atoms with Crippen LogP contribution in [0.3, 0.4) is 0 Å². The summed E-state index contributed by atoms with van der Waals surface area (Å²) in [5.74, 6) is -1.29. The Morgan fingerprint density at radius 1 is 1.08 bits per heavy atom. The van der Waals surface area contributed by atoms with E-state index in [0.29, 0.717) is 10.9 Å². The van der Waals surface area contributed by atoms with Gasteiger partial charge in [0.25, 0.3) is 0 Å². The summed E-state index contributed by atoms with van der Waals surface area (Å²) in [5.41, 5.74) is 0.619. The van der Waals surface area contributed by atoms with Crippen molar-refractivity contribution in [2.45, 2.75) is 13.8 Å². The van der Waals surface area contributed by atoms with Gasteiger partial charge in [-0.05, 0) is 40.6 Å². The van der Waals surface area contributed by atoms with Crippen LogP contribution in [-0.2, 0) is 9.59 Å². The van der Waals surface area contributed by atoms with E-state index in [1.807, 2.05) is 16.8 Å². The number of carbonyl (C=O) groups excluding carboxylic acids is 2. The molecular weight excluding hydrogens is 332 g/mol. The number of fused-ring (bicyclic) bond motifs is 1. The van der Waals surface area contributed by atoms with Crippen molar-refractivity contribution in [3.8, 4) is 22.6 Å². The van der Waals surface area contributed by atoms with Gasteiger partial charge in [0.05, 0.1) is 5.56 Å². The molecule has 6 nitrogen and oxygen atoms in total. The monoisotopic (exact) mass is 344 g/mol. The van der Waals surface area contributed by atoms with E-state index in [9.17, 15) is 14.4 Å². The van der Waals surface area contributed by atoms with Crippen LogP contribution in [0.25, 0.3) is 22.1 Å². The minimum absolute atomic E-state index is 0.0108. The van der Waals surface area contributed by atoms with Crippen LogP contribution in [0.4, 0.5) is 0 Å². The van der Waals surface area contributed by atoms with Crippen molar-refractivity contribution >= 4 is 34.2 Å². The Kier molecular flexibility index (Phi) is 4.18. The van der Waals surface area contributed by atoms with Crippen LogP contribution >= 0.6 is 11.3 Å². The molecule has 7 heteroatoms. The van der Waals surface area contributed by atoms with Gasteiger partial charge in [-0.25, -0.2) is 4.79 Å². The van der Waals surface area contributed by atoms with E-state index < -0.39 is 17.6 Å². The van der Waals surface area contributed by atoms with Crippen molar-refractivity contribution in [3.63, 3.8) is 0 Å². The van der Waals surface area contributed by atoms with E-state index in [2.05, 4.69) is 0 Å². The van der Waals surface area contributed by atoms with Crippen LogP contribution in [-0.4, -0.2) is 11.9 Å². The largest absolute Gasteiger partial charge is 0.423 e. The predicted octanol–water partition coefficient (Wildman–Crippen LogP) is 3.37. The Morgan fingerprint density at radius 2 is 1.83 bits per heavy atom. The summed E-state index contributed by atoms with van der Waals surface area (Å²) in [5, 5.41) is 4.23. The van der Waals surface area contributed by atoms with E-state index in [1.54, 1.807) is 12.1 Å². The van der Waals surface area contributed by atoms with Crippen molar-refractivity contribution in [3.05, 3.63) is 45.4 Å². The molecule has 24 heavy (non-hydrogen) atoms. The molecule has 0 spiro atoms. The second-order valence-electron chi connectivity index (χ2n) is 4.96. The van der Waals surface area contributed by atoms with Crippen LogP contribution in [0, 0.1) is 0 Å². The molecule has 122 valence electrons. The lowest BCUT2D eigenvalue weighted by atomic mass is 10.1. The van der Waals surface area contributed by atoms with Crippen molar-refractivity contribution in [2.24, 2.45) is 0 Å². The number of esters is 2. The molecule has 0 aliphatic heterocycles. The molecule has 0 aliphatic rings. The number of benzene rings is 1. The van der Waals surface area contributed by atoms with E-state index in [4.69, 9.17) is 13.9 Å². The standard InChI is InChI=1S/C17H12O6S/c1-9(18)21-14-4-3-11-7-13(12-5-6-24-8-12)17(20)23-15(11)16(14)22-10(2)19/h3-8H,1-2H3. The Morgan fingerprint density at radius 3 is 2.46 bits per heavy atom. The molecule has 2 aromatic heterocycles. The summed E-state index contributed by atoms with van der Waals surface area (Å²) >= 11 is 1.46. The molecule has 0 amide bonds. The summed E-state index contributed by atoms with van der Waals surface area (Å²) in [4.78, 5) is 34.9. The highest BCUT2D eigenvalue weighted by atomic mass is 32.1. The molecule has 0 bridgehead atoms. The third-order valence-corrected chi connectivity index (χ3v) is 3.84. The van der Waals surface area contributed by atoms with Crippen molar-refractivity contribution in [1.29, 1.82) is 0 Å². The molecule has 0 saturated heterocycles. The van der Waals surface area contributed by atoms with Gasteiger partial charge in [0, 0.05) is 19.2 Å². The van der Waals surface area contributed by atoms with Crippen molar-refractivity contribution in [2.75, 3.05) is 0 Å². The molecule has 0 saturated carbocycles. The van der Waals surface area contributed by atoms with Crippen LogP contribution < -0.4 is 15.1 Å².